The molecule has 2 rings (SSSR count). The summed E-state index contributed by atoms with van der Waals surface area (Å²) in [6, 6.07) is 1.97. The highest BCUT2D eigenvalue weighted by Crippen LogP contribution is 2.27. The first-order valence-corrected chi connectivity index (χ1v) is 8.63. The van der Waals surface area contributed by atoms with Crippen molar-refractivity contribution in [2.75, 3.05) is 13.1 Å². The minimum absolute atomic E-state index is 0.0828. The van der Waals surface area contributed by atoms with Crippen molar-refractivity contribution in [1.29, 1.82) is 5.26 Å². The topological polar surface area (TPSA) is 73.2 Å². The second-order valence-corrected chi connectivity index (χ2v) is 6.60. The molecule has 0 aromatic heterocycles. The van der Waals surface area contributed by atoms with E-state index in [0.29, 0.717) is 6.42 Å². The third-order valence-electron chi connectivity index (χ3n) is 4.94. The Kier molecular flexibility index (Phi) is 6.70. The molecule has 1 aliphatic carbocycles. The van der Waals surface area contributed by atoms with E-state index in [2.05, 4.69) is 5.32 Å². The molecule has 1 N–H and O–H groups in total. The number of hydrogen-bond acceptors (Lipinski definition) is 3. The van der Waals surface area contributed by atoms with E-state index >= 15 is 0 Å². The van der Waals surface area contributed by atoms with Crippen LogP contribution in [0.25, 0.3) is 0 Å². The number of amides is 2. The summed E-state index contributed by atoms with van der Waals surface area (Å²) in [6.07, 6.45) is 9.82. The number of piperidine rings is 1. The molecule has 0 spiro atoms. The molecule has 0 atom stereocenters. The summed E-state index contributed by atoms with van der Waals surface area (Å²) in [4.78, 5) is 25.6. The fourth-order valence-electron chi connectivity index (χ4n) is 3.59. The van der Waals surface area contributed by atoms with Crippen LogP contribution in [0.4, 0.5) is 0 Å². The van der Waals surface area contributed by atoms with E-state index in [0.717, 1.165) is 38.3 Å². The first kappa shape index (κ1) is 16.8. The third kappa shape index (κ3) is 5.32. The highest BCUT2D eigenvalue weighted by atomic mass is 16.2. The maximum atomic E-state index is 12.3. The van der Waals surface area contributed by atoms with E-state index in [9.17, 15) is 9.59 Å². The summed E-state index contributed by atoms with van der Waals surface area (Å²) < 4.78 is 0. The first-order valence-electron chi connectivity index (χ1n) is 8.63. The van der Waals surface area contributed by atoms with Crippen LogP contribution in [0.2, 0.25) is 0 Å². The lowest BCUT2D eigenvalue weighted by Crippen LogP contribution is -2.46. The van der Waals surface area contributed by atoms with Crippen LogP contribution in [0.5, 0.6) is 0 Å². The predicted octanol–water partition coefficient (Wildman–Crippen LogP) is 2.37. The average molecular weight is 305 g/mol. The summed E-state index contributed by atoms with van der Waals surface area (Å²) in [5, 5.41) is 11.3. The van der Waals surface area contributed by atoms with Crippen molar-refractivity contribution >= 4 is 11.8 Å². The first-order chi connectivity index (χ1) is 10.7. The zero-order valence-electron chi connectivity index (χ0n) is 13.4. The van der Waals surface area contributed by atoms with Crippen molar-refractivity contribution in [2.45, 2.75) is 70.3 Å². The summed E-state index contributed by atoms with van der Waals surface area (Å²) in [6.45, 7) is 1.45. The number of hydrogen-bond donors (Lipinski definition) is 1. The number of carbonyl (C=O) groups is 2. The van der Waals surface area contributed by atoms with E-state index in [-0.39, 0.29) is 24.3 Å². The summed E-state index contributed by atoms with van der Waals surface area (Å²) in [7, 11) is 0. The van der Waals surface area contributed by atoms with Crippen LogP contribution in [0.15, 0.2) is 0 Å². The van der Waals surface area contributed by atoms with Crippen molar-refractivity contribution in [3.63, 3.8) is 0 Å². The molecule has 2 amide bonds. The Morgan fingerprint density at radius 2 is 1.77 bits per heavy atom. The molecule has 1 heterocycles. The van der Waals surface area contributed by atoms with Crippen molar-refractivity contribution in [1.82, 2.24) is 10.2 Å². The second kappa shape index (κ2) is 8.77. The number of nitriles is 1. The molecule has 2 aliphatic rings. The van der Waals surface area contributed by atoms with Crippen LogP contribution in [-0.2, 0) is 9.59 Å². The van der Waals surface area contributed by atoms with Gasteiger partial charge in [0.1, 0.15) is 6.42 Å². The van der Waals surface area contributed by atoms with Crippen LogP contribution in [-0.4, -0.2) is 35.8 Å². The van der Waals surface area contributed by atoms with Crippen molar-refractivity contribution in [3.05, 3.63) is 0 Å². The van der Waals surface area contributed by atoms with Crippen molar-refractivity contribution in [2.24, 2.45) is 5.92 Å². The van der Waals surface area contributed by atoms with E-state index in [1.807, 2.05) is 11.0 Å². The van der Waals surface area contributed by atoms with E-state index < -0.39 is 0 Å². The molecule has 0 radical (unpaired) electrons. The fourth-order valence-corrected chi connectivity index (χ4v) is 3.59. The highest BCUT2D eigenvalue weighted by molar-refractivity contribution is 5.78. The highest BCUT2D eigenvalue weighted by Gasteiger charge is 2.24. The Hall–Kier alpha value is -1.57. The molecule has 2 fully saturated rings. The molecule has 1 saturated heterocycles. The molecule has 0 aromatic rings. The number of likely N-dealkylation sites (tertiary alicyclic amines) is 1. The van der Waals surface area contributed by atoms with Gasteiger partial charge in [-0.2, -0.15) is 5.26 Å². The van der Waals surface area contributed by atoms with Gasteiger partial charge in [-0.05, 0) is 25.2 Å². The van der Waals surface area contributed by atoms with Gasteiger partial charge in [0.05, 0.1) is 6.07 Å². The molecule has 1 saturated carbocycles. The minimum atomic E-state index is -0.204. The molecular formula is C17H27N3O2. The van der Waals surface area contributed by atoms with Gasteiger partial charge >= 0.3 is 0 Å². The molecular weight excluding hydrogens is 278 g/mol. The number of rotatable bonds is 5. The van der Waals surface area contributed by atoms with Gasteiger partial charge in [0.15, 0.2) is 0 Å². The number of nitrogens with one attached hydrogen (secondary N) is 1. The summed E-state index contributed by atoms with van der Waals surface area (Å²) in [5.74, 6) is 0.817. The van der Waals surface area contributed by atoms with Gasteiger partial charge in [-0.1, -0.05) is 32.1 Å². The quantitative estimate of drug-likeness (QED) is 0.847. The minimum Gasteiger partial charge on any atom is -0.352 e. The molecule has 122 valence electrons. The molecule has 5 nitrogen and oxygen atoms in total. The number of nitrogens with zero attached hydrogens (tertiary/aromatic N) is 2. The van der Waals surface area contributed by atoms with Crippen LogP contribution in [0.1, 0.15) is 64.2 Å². The SMILES string of the molecule is N#CCC(=O)NC1CCN(C(=O)CCC2CCCCC2)CC1. The molecule has 22 heavy (non-hydrogen) atoms. The molecule has 0 bridgehead atoms. The van der Waals surface area contributed by atoms with Gasteiger partial charge < -0.3 is 10.2 Å². The van der Waals surface area contributed by atoms with Gasteiger partial charge in [0.2, 0.25) is 11.8 Å². The van der Waals surface area contributed by atoms with Gasteiger partial charge in [-0.15, -0.1) is 0 Å². The zero-order chi connectivity index (χ0) is 15.8. The van der Waals surface area contributed by atoms with Crippen LogP contribution in [0.3, 0.4) is 0 Å². The van der Waals surface area contributed by atoms with Gasteiger partial charge in [0, 0.05) is 25.6 Å². The van der Waals surface area contributed by atoms with E-state index in [1.54, 1.807) is 0 Å². The van der Waals surface area contributed by atoms with Crippen LogP contribution in [0, 0.1) is 17.2 Å². The second-order valence-electron chi connectivity index (χ2n) is 6.60. The maximum absolute atomic E-state index is 12.3. The Balaban J connectivity index is 1.64. The molecule has 1 aliphatic heterocycles. The summed E-state index contributed by atoms with van der Waals surface area (Å²) in [5.41, 5.74) is 0. The zero-order valence-corrected chi connectivity index (χ0v) is 13.4. The molecule has 0 aromatic carbocycles. The van der Waals surface area contributed by atoms with Crippen LogP contribution < -0.4 is 5.32 Å². The summed E-state index contributed by atoms with van der Waals surface area (Å²) >= 11 is 0. The van der Waals surface area contributed by atoms with Gasteiger partial charge in [0.25, 0.3) is 0 Å². The molecule has 5 heteroatoms. The standard InChI is InChI=1S/C17H27N3O2/c18-11-8-16(21)19-15-9-12-20(13-10-15)17(22)7-6-14-4-2-1-3-5-14/h14-15H,1-10,12-13H2,(H,19,21). The largest absolute Gasteiger partial charge is 0.352 e. The van der Waals surface area contributed by atoms with Gasteiger partial charge in [-0.3, -0.25) is 9.59 Å². The smallest absolute Gasteiger partial charge is 0.234 e. The average Bonchev–Trinajstić information content (AvgIpc) is 2.54. The normalized spacial score (nSPS) is 20.4. The third-order valence-corrected chi connectivity index (χ3v) is 4.94. The van der Waals surface area contributed by atoms with Gasteiger partial charge in [-0.25, -0.2) is 0 Å². The number of carbonyl (C=O) groups excluding carboxylic acids is 2. The lowest BCUT2D eigenvalue weighted by Gasteiger charge is -2.33. The lowest BCUT2D eigenvalue weighted by molar-refractivity contribution is -0.132. The fraction of sp³-hybridized carbons (Fsp3) is 0.824. The van der Waals surface area contributed by atoms with E-state index in [1.165, 1.54) is 32.1 Å². The van der Waals surface area contributed by atoms with Crippen molar-refractivity contribution < 1.29 is 9.59 Å². The van der Waals surface area contributed by atoms with E-state index in [4.69, 9.17) is 5.26 Å². The monoisotopic (exact) mass is 305 g/mol. The Morgan fingerprint density at radius 1 is 1.09 bits per heavy atom. The predicted molar refractivity (Wildman–Crippen MR) is 83.8 cm³/mol. The van der Waals surface area contributed by atoms with Crippen molar-refractivity contribution in [3.8, 4) is 6.07 Å². The molecule has 0 unspecified atom stereocenters. The Bertz CT molecular complexity index is 416. The Labute approximate surface area is 133 Å². The maximum Gasteiger partial charge on any atom is 0.234 e. The Morgan fingerprint density at radius 3 is 2.41 bits per heavy atom. The van der Waals surface area contributed by atoms with Crippen LogP contribution >= 0.6 is 0 Å². The lowest BCUT2D eigenvalue weighted by atomic mass is 9.86.